The Morgan fingerprint density at radius 1 is 1.20 bits per heavy atom. The van der Waals surface area contributed by atoms with E-state index in [0.717, 1.165) is 25.2 Å². The molecule has 1 amide bonds. The van der Waals surface area contributed by atoms with E-state index in [1.165, 1.54) is 37.0 Å². The summed E-state index contributed by atoms with van der Waals surface area (Å²) in [4.78, 5) is 12.6. The number of carbonyl (C=O) groups is 1. The number of rotatable bonds is 2. The summed E-state index contributed by atoms with van der Waals surface area (Å²) in [5, 5.41) is 18.8. The normalized spacial score (nSPS) is 37.6. The summed E-state index contributed by atoms with van der Waals surface area (Å²) in [7, 11) is 0. The molecule has 1 N–H and O–H groups in total. The van der Waals surface area contributed by atoms with E-state index in [9.17, 15) is 10.1 Å². The third-order valence-corrected chi connectivity index (χ3v) is 5.79. The topological polar surface area (TPSA) is 64.3 Å². The molecule has 110 valence electrons. The van der Waals surface area contributed by atoms with Crippen molar-refractivity contribution in [3.05, 3.63) is 0 Å². The van der Waals surface area contributed by atoms with Crippen molar-refractivity contribution in [2.75, 3.05) is 13.1 Å². The van der Waals surface area contributed by atoms with Crippen molar-refractivity contribution < 1.29 is 9.90 Å². The lowest BCUT2D eigenvalue weighted by Crippen LogP contribution is -2.30. The lowest BCUT2D eigenvalue weighted by atomic mass is 9.73. The minimum atomic E-state index is -0.797. The number of hydrogen-bond acceptors (Lipinski definition) is 2. The van der Waals surface area contributed by atoms with E-state index in [1.807, 2.05) is 0 Å². The van der Waals surface area contributed by atoms with Crippen LogP contribution < -0.4 is 0 Å². The highest BCUT2D eigenvalue weighted by Crippen LogP contribution is 2.52. The van der Waals surface area contributed by atoms with Gasteiger partial charge in [-0.1, -0.05) is 32.1 Å². The predicted octanol–water partition coefficient (Wildman–Crippen LogP) is 3.49. The van der Waals surface area contributed by atoms with Gasteiger partial charge in [0.05, 0.1) is 11.5 Å². The van der Waals surface area contributed by atoms with Crippen molar-refractivity contribution in [1.29, 1.82) is 5.26 Å². The van der Waals surface area contributed by atoms with Gasteiger partial charge in [-0.25, -0.2) is 4.79 Å². The smallest absolute Gasteiger partial charge is 0.407 e. The Morgan fingerprint density at radius 2 is 1.80 bits per heavy atom. The molecule has 2 atom stereocenters. The second-order valence-corrected chi connectivity index (χ2v) is 7.22. The number of hydrogen-bond donors (Lipinski definition) is 1. The number of likely N-dealkylation sites (tertiary alicyclic amines) is 1. The molecule has 0 aromatic carbocycles. The molecule has 1 heterocycles. The molecule has 3 aliphatic rings. The van der Waals surface area contributed by atoms with Gasteiger partial charge in [0, 0.05) is 13.1 Å². The van der Waals surface area contributed by atoms with Gasteiger partial charge < -0.3 is 10.0 Å². The van der Waals surface area contributed by atoms with Crippen LogP contribution in [-0.2, 0) is 0 Å². The lowest BCUT2D eigenvalue weighted by molar-refractivity contribution is 0.147. The lowest BCUT2D eigenvalue weighted by Gasteiger charge is -2.30. The molecule has 0 spiro atoms. The monoisotopic (exact) mass is 276 g/mol. The maximum atomic E-state index is 11.0. The maximum absolute atomic E-state index is 11.0. The van der Waals surface area contributed by atoms with E-state index in [1.54, 1.807) is 0 Å². The Kier molecular flexibility index (Phi) is 3.62. The van der Waals surface area contributed by atoms with Crippen LogP contribution in [0.3, 0.4) is 0 Å². The molecule has 1 saturated heterocycles. The number of fused-ring (bicyclic) bond motifs is 1. The summed E-state index contributed by atoms with van der Waals surface area (Å²) < 4.78 is 0. The van der Waals surface area contributed by atoms with Gasteiger partial charge in [-0.15, -0.1) is 0 Å². The molecule has 2 aliphatic carbocycles. The Balaban J connectivity index is 1.62. The Labute approximate surface area is 120 Å². The Hall–Kier alpha value is -1.24. The molecule has 2 unspecified atom stereocenters. The van der Waals surface area contributed by atoms with Gasteiger partial charge in [-0.05, 0) is 37.0 Å². The highest BCUT2D eigenvalue weighted by Gasteiger charge is 2.50. The molecule has 20 heavy (non-hydrogen) atoms. The first-order valence-electron chi connectivity index (χ1n) is 8.01. The van der Waals surface area contributed by atoms with Gasteiger partial charge in [0.25, 0.3) is 0 Å². The third kappa shape index (κ3) is 2.51. The average molecular weight is 276 g/mol. The molecule has 0 aromatic rings. The molecule has 3 fully saturated rings. The van der Waals surface area contributed by atoms with Crippen LogP contribution >= 0.6 is 0 Å². The van der Waals surface area contributed by atoms with Crippen LogP contribution in [0.4, 0.5) is 4.79 Å². The van der Waals surface area contributed by atoms with Crippen LogP contribution in [0.1, 0.15) is 51.4 Å². The second-order valence-electron chi connectivity index (χ2n) is 7.22. The predicted molar refractivity (Wildman–Crippen MR) is 75.0 cm³/mol. The first kappa shape index (κ1) is 13.7. The van der Waals surface area contributed by atoms with Crippen molar-refractivity contribution in [2.24, 2.45) is 23.2 Å². The summed E-state index contributed by atoms with van der Waals surface area (Å²) in [5.41, 5.74) is -0.151. The van der Waals surface area contributed by atoms with Crippen LogP contribution in [0.25, 0.3) is 0 Å². The number of carboxylic acid groups (broad SMARTS) is 1. The number of nitriles is 1. The zero-order valence-electron chi connectivity index (χ0n) is 12.1. The summed E-state index contributed by atoms with van der Waals surface area (Å²) in [5.74, 6) is 1.58. The first-order chi connectivity index (χ1) is 9.62. The highest BCUT2D eigenvalue weighted by molar-refractivity contribution is 5.65. The fourth-order valence-corrected chi connectivity index (χ4v) is 4.89. The molecule has 2 saturated carbocycles. The van der Waals surface area contributed by atoms with Gasteiger partial charge >= 0.3 is 6.09 Å². The van der Waals surface area contributed by atoms with Crippen LogP contribution in [0.5, 0.6) is 0 Å². The van der Waals surface area contributed by atoms with E-state index in [0.29, 0.717) is 24.9 Å². The standard InChI is InChI=1S/C16H24N2O2/c17-11-16(6-12-4-2-1-3-5-12)7-13-9-18(15(19)20)10-14(13)8-16/h12-14H,1-10H2,(H,19,20). The van der Waals surface area contributed by atoms with E-state index in [-0.39, 0.29) is 5.41 Å². The molecule has 1 aliphatic heterocycles. The van der Waals surface area contributed by atoms with Crippen LogP contribution in [0.15, 0.2) is 0 Å². The number of amides is 1. The summed E-state index contributed by atoms with van der Waals surface area (Å²) in [6.07, 6.45) is 8.70. The van der Waals surface area contributed by atoms with Gasteiger partial charge in [-0.3, -0.25) is 0 Å². The second kappa shape index (κ2) is 5.27. The van der Waals surface area contributed by atoms with Gasteiger partial charge in [0.2, 0.25) is 0 Å². The van der Waals surface area contributed by atoms with Gasteiger partial charge in [-0.2, -0.15) is 5.26 Å². The zero-order valence-corrected chi connectivity index (χ0v) is 12.1. The van der Waals surface area contributed by atoms with Crippen molar-refractivity contribution in [3.63, 3.8) is 0 Å². The molecular formula is C16H24N2O2. The summed E-state index contributed by atoms with van der Waals surface area (Å²) in [6.45, 7) is 1.29. The molecule has 4 heteroatoms. The maximum Gasteiger partial charge on any atom is 0.407 e. The molecule has 0 aromatic heterocycles. The SMILES string of the molecule is N#CC1(CC2CCCCC2)CC2CN(C(=O)O)CC2C1. The molecule has 0 radical (unpaired) electrons. The first-order valence-corrected chi connectivity index (χ1v) is 8.01. The van der Waals surface area contributed by atoms with Crippen molar-refractivity contribution >= 4 is 6.09 Å². The minimum absolute atomic E-state index is 0.151. The molecule has 3 rings (SSSR count). The number of nitrogens with zero attached hydrogens (tertiary/aromatic N) is 2. The zero-order chi connectivity index (χ0) is 14.2. The quantitative estimate of drug-likeness (QED) is 0.839. The fraction of sp³-hybridized carbons (Fsp3) is 0.875. The Morgan fingerprint density at radius 3 is 2.30 bits per heavy atom. The molecule has 0 bridgehead atoms. The van der Waals surface area contributed by atoms with E-state index in [2.05, 4.69) is 6.07 Å². The van der Waals surface area contributed by atoms with Gasteiger partial charge in [0.15, 0.2) is 0 Å². The van der Waals surface area contributed by atoms with Crippen LogP contribution in [0.2, 0.25) is 0 Å². The average Bonchev–Trinajstić information content (AvgIpc) is 2.96. The fourth-order valence-electron chi connectivity index (χ4n) is 4.89. The summed E-state index contributed by atoms with van der Waals surface area (Å²) >= 11 is 0. The van der Waals surface area contributed by atoms with E-state index < -0.39 is 6.09 Å². The summed E-state index contributed by atoms with van der Waals surface area (Å²) in [6, 6.07) is 2.63. The van der Waals surface area contributed by atoms with E-state index >= 15 is 0 Å². The van der Waals surface area contributed by atoms with Crippen molar-refractivity contribution in [3.8, 4) is 6.07 Å². The molecule has 4 nitrogen and oxygen atoms in total. The van der Waals surface area contributed by atoms with Crippen LogP contribution in [-0.4, -0.2) is 29.2 Å². The Bertz CT molecular complexity index is 409. The van der Waals surface area contributed by atoms with Gasteiger partial charge in [0.1, 0.15) is 0 Å². The highest BCUT2D eigenvalue weighted by atomic mass is 16.4. The van der Waals surface area contributed by atoms with Crippen molar-refractivity contribution in [2.45, 2.75) is 51.4 Å². The largest absolute Gasteiger partial charge is 0.465 e. The van der Waals surface area contributed by atoms with Crippen LogP contribution in [0, 0.1) is 34.5 Å². The minimum Gasteiger partial charge on any atom is -0.465 e. The van der Waals surface area contributed by atoms with E-state index in [4.69, 9.17) is 5.11 Å². The molecular weight excluding hydrogens is 252 g/mol. The van der Waals surface area contributed by atoms with Crippen molar-refractivity contribution in [1.82, 2.24) is 4.90 Å². The third-order valence-electron chi connectivity index (χ3n) is 5.79.